The molecule has 13 heavy (non-hydrogen) atoms. The Balaban J connectivity index is 3.25. The molecule has 0 aliphatic heterocycles. The Morgan fingerprint density at radius 3 is 1.69 bits per heavy atom. The fourth-order valence-corrected chi connectivity index (χ4v) is 1.28. The van der Waals surface area contributed by atoms with Crippen LogP contribution in [0, 0.1) is 6.92 Å². The van der Waals surface area contributed by atoms with Crippen molar-refractivity contribution in [2.24, 2.45) is 0 Å². The van der Waals surface area contributed by atoms with E-state index in [1.54, 1.807) is 0 Å². The van der Waals surface area contributed by atoms with E-state index in [1.807, 2.05) is 0 Å². The molecule has 1 radical (unpaired) electrons. The highest BCUT2D eigenvalue weighted by molar-refractivity contribution is 5.39. The maximum Gasteiger partial charge on any atom is 0.115 e. The quantitative estimate of drug-likeness (QED) is 0.681. The van der Waals surface area contributed by atoms with Crippen molar-refractivity contribution in [3.8, 4) is 0 Å². The Labute approximate surface area is 75.4 Å². The Morgan fingerprint density at radius 2 is 1.38 bits per heavy atom. The Bertz CT molecular complexity index is 269. The van der Waals surface area contributed by atoms with Crippen LogP contribution in [-0.4, -0.2) is 0 Å². The van der Waals surface area contributed by atoms with Gasteiger partial charge in [-0.3, -0.25) is 0 Å². The van der Waals surface area contributed by atoms with Gasteiger partial charge in [0.1, 0.15) is 20.0 Å². The zero-order valence-electron chi connectivity index (χ0n) is 7.12. The number of hydrogen-bond donors (Lipinski definition) is 0. The molecular weight excluding hydrogens is 177 g/mol. The lowest BCUT2D eigenvalue weighted by Crippen LogP contribution is -1.97. The molecule has 0 aliphatic carbocycles. The lowest BCUT2D eigenvalue weighted by Gasteiger charge is -2.08. The minimum absolute atomic E-state index is 0.123. The number of rotatable bonds is 3. The normalized spacial score (nSPS) is 10.5. The van der Waals surface area contributed by atoms with Crippen molar-refractivity contribution < 1.29 is 13.2 Å². The van der Waals surface area contributed by atoms with Gasteiger partial charge >= 0.3 is 0 Å². The van der Waals surface area contributed by atoms with Crippen molar-refractivity contribution in [2.75, 3.05) is 0 Å². The van der Waals surface area contributed by atoms with Crippen molar-refractivity contribution in [3.63, 3.8) is 0 Å². The third kappa shape index (κ3) is 2.02. The van der Waals surface area contributed by atoms with Gasteiger partial charge in [-0.05, 0) is 29.2 Å². The van der Waals surface area contributed by atoms with Gasteiger partial charge < -0.3 is 0 Å². The highest BCUT2D eigenvalue weighted by atomic mass is 19.1. The van der Waals surface area contributed by atoms with Crippen LogP contribution in [0.2, 0.25) is 0 Å². The van der Waals surface area contributed by atoms with Crippen LogP contribution in [0.25, 0.3) is 0 Å². The SMILES string of the molecule is [CH2]c1cc(CF)c(CF)c(CF)c1. The molecule has 0 aliphatic rings. The van der Waals surface area contributed by atoms with Gasteiger partial charge in [-0.15, -0.1) is 0 Å². The number of alkyl halides is 3. The Kier molecular flexibility index (Phi) is 3.34. The maximum atomic E-state index is 12.4. The largest absolute Gasteiger partial charge is 0.246 e. The van der Waals surface area contributed by atoms with Gasteiger partial charge in [0.15, 0.2) is 0 Å². The fourth-order valence-electron chi connectivity index (χ4n) is 1.28. The van der Waals surface area contributed by atoms with Crippen LogP contribution in [-0.2, 0) is 20.0 Å². The smallest absolute Gasteiger partial charge is 0.115 e. The number of halogens is 3. The van der Waals surface area contributed by atoms with Crippen LogP contribution < -0.4 is 0 Å². The van der Waals surface area contributed by atoms with Crippen molar-refractivity contribution in [1.82, 2.24) is 0 Å². The minimum Gasteiger partial charge on any atom is -0.246 e. The molecule has 0 aromatic heterocycles. The summed E-state index contributed by atoms with van der Waals surface area (Å²) in [6.45, 7) is 1.16. The molecule has 0 atom stereocenters. The summed E-state index contributed by atoms with van der Waals surface area (Å²) in [5, 5.41) is 0. The van der Waals surface area contributed by atoms with E-state index < -0.39 is 20.0 Å². The molecule has 0 saturated carbocycles. The van der Waals surface area contributed by atoms with E-state index in [-0.39, 0.29) is 16.7 Å². The first-order chi connectivity index (χ1) is 6.22. The van der Waals surface area contributed by atoms with E-state index in [0.717, 1.165) is 0 Å². The fraction of sp³-hybridized carbons (Fsp3) is 0.300. The second kappa shape index (κ2) is 4.30. The third-order valence-corrected chi connectivity index (χ3v) is 1.92. The van der Waals surface area contributed by atoms with E-state index in [1.165, 1.54) is 12.1 Å². The minimum atomic E-state index is -0.835. The Hall–Kier alpha value is -0.990. The summed E-state index contributed by atoms with van der Waals surface area (Å²) in [5.74, 6) is 0. The molecule has 0 bridgehead atoms. The second-order valence-corrected chi connectivity index (χ2v) is 2.79. The van der Waals surface area contributed by atoms with Gasteiger partial charge in [-0.2, -0.15) is 0 Å². The molecule has 0 saturated heterocycles. The standard InChI is InChI=1S/C10H10F3/c1-7-2-8(4-11)10(6-13)9(3-7)5-12/h2-3H,1,4-6H2. The first-order valence-corrected chi connectivity index (χ1v) is 3.87. The number of benzene rings is 1. The van der Waals surface area contributed by atoms with E-state index >= 15 is 0 Å². The summed E-state index contributed by atoms with van der Waals surface area (Å²) in [5.41, 5.74) is 1.03. The predicted molar refractivity (Wildman–Crippen MR) is 45.3 cm³/mol. The molecule has 0 spiro atoms. The van der Waals surface area contributed by atoms with Crippen LogP contribution in [0.1, 0.15) is 22.3 Å². The molecule has 71 valence electrons. The molecule has 3 heteroatoms. The summed E-state index contributed by atoms with van der Waals surface area (Å²) < 4.78 is 37.1. The molecule has 0 amide bonds. The van der Waals surface area contributed by atoms with Gasteiger partial charge in [-0.1, -0.05) is 12.1 Å². The summed E-state index contributed by atoms with van der Waals surface area (Å²) in [6.07, 6.45) is 0. The summed E-state index contributed by atoms with van der Waals surface area (Å²) in [6, 6.07) is 2.88. The van der Waals surface area contributed by atoms with Crippen LogP contribution >= 0.6 is 0 Å². The Morgan fingerprint density at radius 1 is 0.923 bits per heavy atom. The molecule has 1 rings (SSSR count). The van der Waals surface area contributed by atoms with E-state index in [4.69, 9.17) is 0 Å². The monoisotopic (exact) mass is 187 g/mol. The van der Waals surface area contributed by atoms with E-state index in [9.17, 15) is 13.2 Å². The first-order valence-electron chi connectivity index (χ1n) is 3.87. The number of hydrogen-bond acceptors (Lipinski definition) is 0. The van der Waals surface area contributed by atoms with E-state index in [2.05, 4.69) is 6.92 Å². The molecule has 0 heterocycles. The summed E-state index contributed by atoms with van der Waals surface area (Å²) in [7, 11) is 0. The summed E-state index contributed by atoms with van der Waals surface area (Å²) in [4.78, 5) is 0. The van der Waals surface area contributed by atoms with Crippen LogP contribution in [0.5, 0.6) is 0 Å². The van der Waals surface area contributed by atoms with Crippen LogP contribution in [0.15, 0.2) is 12.1 Å². The zero-order chi connectivity index (χ0) is 9.84. The van der Waals surface area contributed by atoms with Crippen LogP contribution in [0.4, 0.5) is 13.2 Å². The van der Waals surface area contributed by atoms with Gasteiger partial charge in [-0.25, -0.2) is 13.2 Å². The molecule has 1 aromatic rings. The van der Waals surface area contributed by atoms with Crippen molar-refractivity contribution in [3.05, 3.63) is 41.3 Å². The topological polar surface area (TPSA) is 0 Å². The third-order valence-electron chi connectivity index (χ3n) is 1.92. The van der Waals surface area contributed by atoms with Crippen molar-refractivity contribution >= 4 is 0 Å². The lowest BCUT2D eigenvalue weighted by molar-refractivity contribution is 0.436. The molecule has 0 N–H and O–H groups in total. The van der Waals surface area contributed by atoms with Gasteiger partial charge in [0, 0.05) is 0 Å². The average molecular weight is 187 g/mol. The second-order valence-electron chi connectivity index (χ2n) is 2.79. The van der Waals surface area contributed by atoms with Gasteiger partial charge in [0.25, 0.3) is 0 Å². The molecule has 0 fully saturated rings. The van der Waals surface area contributed by atoms with Gasteiger partial charge in [0.2, 0.25) is 0 Å². The molecule has 0 nitrogen and oxygen atoms in total. The first kappa shape index (κ1) is 10.1. The molecular formula is C10H10F3. The zero-order valence-corrected chi connectivity index (χ0v) is 7.12. The van der Waals surface area contributed by atoms with Gasteiger partial charge in [0.05, 0.1) is 0 Å². The maximum absolute atomic E-state index is 12.4. The van der Waals surface area contributed by atoms with Crippen LogP contribution in [0.3, 0.4) is 0 Å². The van der Waals surface area contributed by atoms with Crippen molar-refractivity contribution in [2.45, 2.75) is 20.0 Å². The highest BCUT2D eigenvalue weighted by Crippen LogP contribution is 2.20. The lowest BCUT2D eigenvalue weighted by atomic mass is 10.0. The molecule has 1 aromatic carbocycles. The summed E-state index contributed by atoms with van der Waals surface area (Å²) >= 11 is 0. The molecule has 0 unspecified atom stereocenters. The predicted octanol–water partition coefficient (Wildman–Crippen LogP) is 3.28. The highest BCUT2D eigenvalue weighted by Gasteiger charge is 2.09. The van der Waals surface area contributed by atoms with E-state index in [0.29, 0.717) is 5.56 Å². The van der Waals surface area contributed by atoms with Crippen molar-refractivity contribution in [1.29, 1.82) is 0 Å². The average Bonchev–Trinajstić information content (AvgIpc) is 2.16.